The number of hydrogen-bond acceptors (Lipinski definition) is 4. The average Bonchev–Trinajstić information content (AvgIpc) is 2.72. The Morgan fingerprint density at radius 3 is 2.71 bits per heavy atom. The van der Waals surface area contributed by atoms with Crippen LogP contribution in [0.1, 0.15) is 23.7 Å². The molecule has 4 heteroatoms. The van der Waals surface area contributed by atoms with E-state index in [9.17, 15) is 0 Å². The summed E-state index contributed by atoms with van der Waals surface area (Å²) in [5.41, 5.74) is 1.72. The van der Waals surface area contributed by atoms with Gasteiger partial charge in [0.05, 0.1) is 0 Å². The van der Waals surface area contributed by atoms with Crippen molar-refractivity contribution in [3.05, 3.63) is 35.5 Å². The highest BCUT2D eigenvalue weighted by Gasteiger charge is 2.07. The van der Waals surface area contributed by atoms with E-state index in [1.165, 1.54) is 0 Å². The molecule has 0 spiro atoms. The van der Waals surface area contributed by atoms with Gasteiger partial charge in [-0.25, -0.2) is 9.97 Å². The normalized spacial score (nSPS) is 10.8. The summed E-state index contributed by atoms with van der Waals surface area (Å²) in [7, 11) is 0. The van der Waals surface area contributed by atoms with Crippen LogP contribution in [0.5, 0.6) is 0 Å². The highest BCUT2D eigenvalue weighted by Crippen LogP contribution is 2.20. The molecule has 0 fully saturated rings. The maximum absolute atomic E-state index is 8.81. The van der Waals surface area contributed by atoms with E-state index in [0.717, 1.165) is 28.7 Å². The van der Waals surface area contributed by atoms with E-state index in [-0.39, 0.29) is 6.61 Å². The number of aromatic nitrogens is 2. The quantitative estimate of drug-likeness (QED) is 0.878. The molecule has 0 aliphatic heterocycles. The van der Waals surface area contributed by atoms with Gasteiger partial charge in [-0.1, -0.05) is 0 Å². The van der Waals surface area contributed by atoms with E-state index in [0.29, 0.717) is 12.8 Å². The first-order valence-corrected chi connectivity index (χ1v) is 5.71. The molecule has 0 saturated carbocycles. The number of aliphatic hydroxyl groups excluding tert-OH is 1. The molecule has 0 amide bonds. The molecule has 2 heterocycles. The van der Waals surface area contributed by atoms with Crippen LogP contribution in [0.3, 0.4) is 0 Å². The van der Waals surface area contributed by atoms with Crippen molar-refractivity contribution in [3.63, 3.8) is 0 Å². The van der Waals surface area contributed by atoms with Crippen LogP contribution in [-0.4, -0.2) is 21.7 Å². The second kappa shape index (κ2) is 5.10. The Bertz CT molecular complexity index is 506. The van der Waals surface area contributed by atoms with Gasteiger partial charge in [-0.2, -0.15) is 0 Å². The highest BCUT2D eigenvalue weighted by molar-refractivity contribution is 5.52. The van der Waals surface area contributed by atoms with Gasteiger partial charge in [0.1, 0.15) is 17.3 Å². The molecule has 0 aliphatic rings. The standard InChI is InChI=1S/C13H16N2O2/c1-9-8-11(12-6-5-10(2)17-12)15-13(14-9)4-3-7-16/h5-6,8,16H,3-4,7H2,1-2H3. The third-order valence-corrected chi connectivity index (χ3v) is 2.45. The van der Waals surface area contributed by atoms with E-state index >= 15 is 0 Å². The molecule has 0 aliphatic carbocycles. The number of furan rings is 1. The molecule has 0 saturated heterocycles. The van der Waals surface area contributed by atoms with E-state index < -0.39 is 0 Å². The van der Waals surface area contributed by atoms with Crippen LogP contribution in [0.4, 0.5) is 0 Å². The minimum Gasteiger partial charge on any atom is -0.460 e. The van der Waals surface area contributed by atoms with Crippen LogP contribution in [0.25, 0.3) is 11.5 Å². The van der Waals surface area contributed by atoms with Crippen LogP contribution >= 0.6 is 0 Å². The van der Waals surface area contributed by atoms with Crippen LogP contribution in [0, 0.1) is 13.8 Å². The monoisotopic (exact) mass is 232 g/mol. The number of aliphatic hydroxyl groups is 1. The van der Waals surface area contributed by atoms with Crippen LogP contribution < -0.4 is 0 Å². The van der Waals surface area contributed by atoms with Crippen molar-refractivity contribution < 1.29 is 9.52 Å². The van der Waals surface area contributed by atoms with Gasteiger partial charge in [0, 0.05) is 18.7 Å². The van der Waals surface area contributed by atoms with Gasteiger partial charge in [-0.3, -0.25) is 0 Å². The van der Waals surface area contributed by atoms with Crippen molar-refractivity contribution in [2.45, 2.75) is 26.7 Å². The smallest absolute Gasteiger partial charge is 0.152 e. The SMILES string of the molecule is Cc1cc(-c2ccc(C)o2)nc(CCCO)n1. The van der Waals surface area contributed by atoms with E-state index in [1.807, 2.05) is 32.0 Å². The summed E-state index contributed by atoms with van der Waals surface area (Å²) in [6.07, 6.45) is 1.37. The molecule has 4 nitrogen and oxygen atoms in total. The minimum absolute atomic E-state index is 0.159. The van der Waals surface area contributed by atoms with Crippen LogP contribution in [0.2, 0.25) is 0 Å². The maximum Gasteiger partial charge on any atom is 0.152 e. The third kappa shape index (κ3) is 2.91. The van der Waals surface area contributed by atoms with Gasteiger partial charge in [0.2, 0.25) is 0 Å². The first kappa shape index (κ1) is 11.8. The topological polar surface area (TPSA) is 59.2 Å². The van der Waals surface area contributed by atoms with Crippen LogP contribution in [-0.2, 0) is 6.42 Å². The van der Waals surface area contributed by atoms with Crippen molar-refractivity contribution in [3.8, 4) is 11.5 Å². The van der Waals surface area contributed by atoms with Gasteiger partial charge in [-0.15, -0.1) is 0 Å². The van der Waals surface area contributed by atoms with Gasteiger partial charge in [0.25, 0.3) is 0 Å². The lowest BCUT2D eigenvalue weighted by molar-refractivity contribution is 0.287. The summed E-state index contributed by atoms with van der Waals surface area (Å²) in [5, 5.41) is 8.81. The fourth-order valence-corrected chi connectivity index (χ4v) is 1.68. The predicted octanol–water partition coefficient (Wildman–Crippen LogP) is 2.28. The molecule has 90 valence electrons. The zero-order valence-electron chi connectivity index (χ0n) is 10.1. The zero-order valence-corrected chi connectivity index (χ0v) is 10.1. The molecule has 0 radical (unpaired) electrons. The molecule has 0 bridgehead atoms. The first-order valence-electron chi connectivity index (χ1n) is 5.71. The van der Waals surface area contributed by atoms with Crippen molar-refractivity contribution in [1.82, 2.24) is 9.97 Å². The van der Waals surface area contributed by atoms with E-state index in [2.05, 4.69) is 9.97 Å². The first-order chi connectivity index (χ1) is 8.19. The molecular weight excluding hydrogens is 216 g/mol. The van der Waals surface area contributed by atoms with Gasteiger partial charge in [-0.05, 0) is 38.5 Å². The van der Waals surface area contributed by atoms with Crippen LogP contribution in [0.15, 0.2) is 22.6 Å². The summed E-state index contributed by atoms with van der Waals surface area (Å²) < 4.78 is 5.54. The molecular formula is C13H16N2O2. The molecule has 2 aromatic rings. The van der Waals surface area contributed by atoms with Crippen molar-refractivity contribution in [2.75, 3.05) is 6.61 Å². The van der Waals surface area contributed by atoms with E-state index in [4.69, 9.17) is 9.52 Å². The Labute approximate surface area is 100 Å². The number of rotatable bonds is 4. The van der Waals surface area contributed by atoms with Crippen molar-refractivity contribution in [2.24, 2.45) is 0 Å². The summed E-state index contributed by atoms with van der Waals surface area (Å²) in [6, 6.07) is 5.73. The summed E-state index contributed by atoms with van der Waals surface area (Å²) in [5.74, 6) is 2.38. The maximum atomic E-state index is 8.81. The van der Waals surface area contributed by atoms with Gasteiger partial charge in [0.15, 0.2) is 5.76 Å². The number of aryl methyl sites for hydroxylation is 3. The molecule has 2 aromatic heterocycles. The van der Waals surface area contributed by atoms with Crippen molar-refractivity contribution >= 4 is 0 Å². The molecule has 0 unspecified atom stereocenters. The molecule has 1 N–H and O–H groups in total. The third-order valence-electron chi connectivity index (χ3n) is 2.45. The largest absolute Gasteiger partial charge is 0.460 e. The summed E-state index contributed by atoms with van der Waals surface area (Å²) >= 11 is 0. The lowest BCUT2D eigenvalue weighted by Gasteiger charge is -2.03. The molecule has 17 heavy (non-hydrogen) atoms. The zero-order chi connectivity index (χ0) is 12.3. The number of nitrogens with zero attached hydrogens (tertiary/aromatic N) is 2. The van der Waals surface area contributed by atoms with Crippen molar-refractivity contribution in [1.29, 1.82) is 0 Å². The highest BCUT2D eigenvalue weighted by atomic mass is 16.3. The Morgan fingerprint density at radius 2 is 2.06 bits per heavy atom. The minimum atomic E-state index is 0.159. The summed E-state index contributed by atoms with van der Waals surface area (Å²) in [4.78, 5) is 8.78. The second-order valence-corrected chi connectivity index (χ2v) is 4.05. The Morgan fingerprint density at radius 1 is 1.24 bits per heavy atom. The average molecular weight is 232 g/mol. The Kier molecular flexibility index (Phi) is 3.54. The lowest BCUT2D eigenvalue weighted by atomic mass is 10.2. The Balaban J connectivity index is 2.31. The second-order valence-electron chi connectivity index (χ2n) is 4.05. The predicted molar refractivity (Wildman–Crippen MR) is 64.6 cm³/mol. The fraction of sp³-hybridized carbons (Fsp3) is 0.385. The molecule has 2 rings (SSSR count). The van der Waals surface area contributed by atoms with E-state index in [1.54, 1.807) is 0 Å². The molecule has 0 aromatic carbocycles. The molecule has 0 atom stereocenters. The van der Waals surface area contributed by atoms with Gasteiger partial charge < -0.3 is 9.52 Å². The van der Waals surface area contributed by atoms with Gasteiger partial charge >= 0.3 is 0 Å². The Hall–Kier alpha value is -1.68. The lowest BCUT2D eigenvalue weighted by Crippen LogP contribution is -2.00. The summed E-state index contributed by atoms with van der Waals surface area (Å²) in [6.45, 7) is 4.00. The number of hydrogen-bond donors (Lipinski definition) is 1. The fourth-order valence-electron chi connectivity index (χ4n) is 1.68.